The van der Waals surface area contributed by atoms with Gasteiger partial charge in [0.05, 0.1) is 18.1 Å². The molecule has 0 radical (unpaired) electrons. The van der Waals surface area contributed by atoms with E-state index >= 15 is 0 Å². The molecule has 0 saturated heterocycles. The molecule has 0 fully saturated rings. The van der Waals surface area contributed by atoms with Crippen LogP contribution in [-0.4, -0.2) is 44.4 Å². The summed E-state index contributed by atoms with van der Waals surface area (Å²) in [5, 5.41) is 13.5. The van der Waals surface area contributed by atoms with Crippen LogP contribution in [-0.2, 0) is 43.6 Å². The van der Waals surface area contributed by atoms with Crippen molar-refractivity contribution in [1.82, 2.24) is 10.0 Å². The lowest BCUT2D eigenvalue weighted by Gasteiger charge is -2.20. The predicted molar refractivity (Wildman–Crippen MR) is 119 cm³/mol. The molecule has 0 aliphatic heterocycles. The Bertz CT molecular complexity index is 1230. The third-order valence-electron chi connectivity index (χ3n) is 5.56. The molecule has 0 aromatic heterocycles. The molecule has 0 heterocycles. The van der Waals surface area contributed by atoms with E-state index in [0.717, 1.165) is 49.6 Å². The number of nitrogens with one attached hydrogen (secondary N) is 2. The van der Waals surface area contributed by atoms with Crippen molar-refractivity contribution >= 4 is 27.6 Å². The van der Waals surface area contributed by atoms with Crippen molar-refractivity contribution in [3.63, 3.8) is 0 Å². The minimum absolute atomic E-state index is 0.193. The fourth-order valence-electron chi connectivity index (χ4n) is 3.84. The molecule has 2 N–H and O–H groups in total. The fourth-order valence-corrected chi connectivity index (χ4v) is 5.21. The number of methoxy groups -OCH3 is 1. The molecule has 0 spiro atoms. The number of halogens is 1. The molecule has 2 atom stereocenters. The number of fused-ring (bicyclic) bond motifs is 1. The summed E-state index contributed by atoms with van der Waals surface area (Å²) in [6.07, 6.45) is 2.29. The van der Waals surface area contributed by atoms with Gasteiger partial charge in [0, 0.05) is 12.5 Å². The average molecular weight is 494 g/mol. The van der Waals surface area contributed by atoms with Gasteiger partial charge in [-0.05, 0) is 55.0 Å². The average Bonchev–Trinajstić information content (AvgIpc) is 3.24. The van der Waals surface area contributed by atoms with Crippen LogP contribution in [0, 0.1) is 15.9 Å². The number of sulfonamides is 1. The number of ether oxygens (including phenoxy) is 1. The lowest BCUT2D eigenvalue weighted by molar-refractivity contribution is -0.387. The van der Waals surface area contributed by atoms with Gasteiger partial charge in [-0.25, -0.2) is 17.6 Å². The van der Waals surface area contributed by atoms with E-state index in [-0.39, 0.29) is 12.0 Å². The van der Waals surface area contributed by atoms with Gasteiger partial charge in [0.2, 0.25) is 15.9 Å². The molecule has 2 aromatic carbocycles. The van der Waals surface area contributed by atoms with Gasteiger partial charge in [0.15, 0.2) is 4.90 Å². The highest BCUT2D eigenvalue weighted by atomic mass is 32.2. The van der Waals surface area contributed by atoms with E-state index in [2.05, 4.69) is 10.0 Å². The van der Waals surface area contributed by atoms with E-state index in [9.17, 15) is 32.5 Å². The first kappa shape index (κ1) is 25.2. The van der Waals surface area contributed by atoms with Crippen LogP contribution in [0.4, 0.5) is 10.1 Å². The number of nitrogens with zero attached hydrogens (tertiary/aromatic N) is 1. The Hall–Kier alpha value is -3.38. The van der Waals surface area contributed by atoms with Gasteiger partial charge in [0.25, 0.3) is 5.69 Å². The molecule has 12 heteroatoms. The van der Waals surface area contributed by atoms with Gasteiger partial charge < -0.3 is 10.1 Å². The Balaban J connectivity index is 1.76. The second kappa shape index (κ2) is 10.3. The van der Waals surface area contributed by atoms with Crippen LogP contribution in [0.1, 0.15) is 30.0 Å². The Kier molecular flexibility index (Phi) is 7.62. The number of nitro groups is 1. The summed E-state index contributed by atoms with van der Waals surface area (Å²) in [5.41, 5.74) is 1.47. The molecule has 0 bridgehead atoms. The summed E-state index contributed by atoms with van der Waals surface area (Å²) < 4.78 is 46.7. The number of carbonyl (C=O) groups is 2. The van der Waals surface area contributed by atoms with E-state index in [0.29, 0.717) is 0 Å². The molecule has 34 heavy (non-hydrogen) atoms. The minimum atomic E-state index is -4.44. The lowest BCUT2D eigenvalue weighted by Crippen LogP contribution is -2.51. The van der Waals surface area contributed by atoms with Crippen LogP contribution in [0.5, 0.6) is 0 Å². The summed E-state index contributed by atoms with van der Waals surface area (Å²) in [4.78, 5) is 34.7. The topological polar surface area (TPSA) is 145 Å². The quantitative estimate of drug-likeness (QED) is 0.308. The highest BCUT2D eigenvalue weighted by Gasteiger charge is 2.31. The molecule has 1 amide bonds. The van der Waals surface area contributed by atoms with Crippen molar-refractivity contribution in [1.29, 1.82) is 0 Å². The zero-order valence-electron chi connectivity index (χ0n) is 18.5. The summed E-state index contributed by atoms with van der Waals surface area (Å²) in [5.74, 6) is -2.23. The van der Waals surface area contributed by atoms with Gasteiger partial charge in [-0.15, -0.1) is 0 Å². The van der Waals surface area contributed by atoms with Crippen molar-refractivity contribution in [3.8, 4) is 0 Å². The summed E-state index contributed by atoms with van der Waals surface area (Å²) in [6.45, 7) is 1.21. The van der Waals surface area contributed by atoms with Gasteiger partial charge in [-0.3, -0.25) is 14.9 Å². The number of nitro benzene ring substituents is 1. The number of esters is 1. The van der Waals surface area contributed by atoms with Crippen molar-refractivity contribution in [3.05, 3.63) is 69.0 Å². The van der Waals surface area contributed by atoms with Crippen LogP contribution in [0.15, 0.2) is 41.3 Å². The number of amides is 1. The Morgan fingerprint density at radius 3 is 2.50 bits per heavy atom. The minimum Gasteiger partial charge on any atom is -0.467 e. The third-order valence-corrected chi connectivity index (χ3v) is 7.15. The number of hydrogen-bond donors (Lipinski definition) is 2. The maximum atomic E-state index is 14.6. The van der Waals surface area contributed by atoms with Gasteiger partial charge in [-0.2, -0.15) is 4.72 Å². The van der Waals surface area contributed by atoms with Crippen molar-refractivity contribution < 1.29 is 32.1 Å². The molecular formula is C22H24FN3O7S. The van der Waals surface area contributed by atoms with E-state index in [4.69, 9.17) is 4.74 Å². The van der Waals surface area contributed by atoms with E-state index in [1.807, 2.05) is 0 Å². The normalized spacial score (nSPS) is 14.7. The smallest absolute Gasteiger partial charge is 0.328 e. The Labute approximate surface area is 195 Å². The number of aryl methyl sites for hydroxylation is 2. The van der Waals surface area contributed by atoms with Crippen LogP contribution in [0.2, 0.25) is 0 Å². The molecule has 1 aliphatic rings. The van der Waals surface area contributed by atoms with Crippen molar-refractivity contribution in [2.75, 3.05) is 7.11 Å². The highest BCUT2D eigenvalue weighted by molar-refractivity contribution is 7.89. The molecule has 2 aromatic rings. The monoisotopic (exact) mass is 493 g/mol. The number of para-hydroxylation sites is 1. The highest BCUT2D eigenvalue weighted by Crippen LogP contribution is 2.26. The van der Waals surface area contributed by atoms with E-state index in [1.165, 1.54) is 25.1 Å². The van der Waals surface area contributed by atoms with Crippen LogP contribution >= 0.6 is 0 Å². The second-order valence-electron chi connectivity index (χ2n) is 7.92. The van der Waals surface area contributed by atoms with Gasteiger partial charge >= 0.3 is 5.97 Å². The van der Waals surface area contributed by atoms with Crippen molar-refractivity contribution in [2.45, 2.75) is 49.6 Å². The number of rotatable bonds is 9. The van der Waals surface area contributed by atoms with E-state index < -0.39 is 55.3 Å². The van der Waals surface area contributed by atoms with Crippen LogP contribution < -0.4 is 10.0 Å². The maximum Gasteiger partial charge on any atom is 0.328 e. The standard InChI is InChI=1S/C22H24FN3O7S/c1-13(25-34(31,32)20-9-4-3-8-19(20)26(29)30)21(27)24-18(22(28)33-2)12-16-10-14-6-5-7-15(14)11-17(16)23/h3-4,8-11,13,18,25H,5-7,12H2,1-2H3,(H,24,27)/t13-,18-/m0/s1. The fraction of sp³-hybridized carbons (Fsp3) is 0.364. The number of hydrogen-bond acceptors (Lipinski definition) is 7. The van der Waals surface area contributed by atoms with Gasteiger partial charge in [0.1, 0.15) is 11.9 Å². The molecule has 3 rings (SSSR count). The van der Waals surface area contributed by atoms with Crippen LogP contribution in [0.25, 0.3) is 0 Å². The predicted octanol–water partition coefficient (Wildman–Crippen LogP) is 1.79. The zero-order valence-corrected chi connectivity index (χ0v) is 19.4. The van der Waals surface area contributed by atoms with E-state index in [1.54, 1.807) is 6.07 Å². The van der Waals surface area contributed by atoms with Crippen LogP contribution in [0.3, 0.4) is 0 Å². The third kappa shape index (κ3) is 5.57. The Morgan fingerprint density at radius 1 is 1.21 bits per heavy atom. The molecule has 1 aliphatic carbocycles. The first-order chi connectivity index (χ1) is 16.0. The maximum absolute atomic E-state index is 14.6. The number of carbonyl (C=O) groups excluding carboxylic acids is 2. The molecule has 0 saturated carbocycles. The molecule has 0 unspecified atom stereocenters. The number of benzene rings is 2. The summed E-state index contributed by atoms with van der Waals surface area (Å²) in [7, 11) is -3.33. The van der Waals surface area contributed by atoms with Crippen molar-refractivity contribution in [2.24, 2.45) is 0 Å². The first-order valence-electron chi connectivity index (χ1n) is 10.5. The molecule has 182 valence electrons. The lowest BCUT2D eigenvalue weighted by atomic mass is 10.00. The first-order valence-corrected chi connectivity index (χ1v) is 12.0. The summed E-state index contributed by atoms with van der Waals surface area (Å²) >= 11 is 0. The largest absolute Gasteiger partial charge is 0.467 e. The molecule has 10 nitrogen and oxygen atoms in total. The summed E-state index contributed by atoms with van der Waals surface area (Å²) in [6, 6.07) is 5.11. The van der Waals surface area contributed by atoms with Gasteiger partial charge in [-0.1, -0.05) is 18.2 Å². The zero-order chi connectivity index (χ0) is 25.0. The Morgan fingerprint density at radius 2 is 1.85 bits per heavy atom. The molecular weight excluding hydrogens is 469 g/mol. The second-order valence-corrected chi connectivity index (χ2v) is 9.60. The SMILES string of the molecule is COC(=O)[C@H](Cc1cc2c(cc1F)CCC2)NC(=O)[C@H](C)NS(=O)(=O)c1ccccc1[N+](=O)[O-].